The van der Waals surface area contributed by atoms with Gasteiger partial charge in [0.15, 0.2) is 10.1 Å². The fraction of sp³-hybridized carbons (Fsp3) is 0.308. The number of halogens is 1. The Bertz CT molecular complexity index is 2780. The Balaban J connectivity index is 0.000000201. The lowest BCUT2D eigenvalue weighted by atomic mass is 9.96. The SMILES string of the molecule is Cc1cc(C)c(CN2C[C@@H](c3ccccc3)C[C@H]2C(=O)NS(=O)(=O)c2cccc(F)n2)c(C)c1.Cc1cc(C)c(CN2C[C@@H](c3ccccc3)C[C@H]2C(=O)NS(=O)(=O)c2cccc(N)n2)c(C)c1. The fourth-order valence-electron chi connectivity index (χ4n) is 9.59. The van der Waals surface area contributed by atoms with Crippen molar-refractivity contribution in [2.75, 3.05) is 18.8 Å². The molecular formula is C52H58FN7O6S2. The highest BCUT2D eigenvalue weighted by Crippen LogP contribution is 2.36. The van der Waals surface area contributed by atoms with Gasteiger partial charge in [0.1, 0.15) is 5.82 Å². The number of carbonyl (C=O) groups excluding carboxylic acids is 2. The van der Waals surface area contributed by atoms with E-state index in [0.717, 1.165) is 56.6 Å². The Morgan fingerprint density at radius 3 is 1.34 bits per heavy atom. The molecule has 2 amide bonds. The zero-order valence-corrected chi connectivity index (χ0v) is 40.7. The first-order valence-corrected chi connectivity index (χ1v) is 25.4. The minimum absolute atomic E-state index is 0.0762. The van der Waals surface area contributed by atoms with E-state index >= 15 is 0 Å². The van der Waals surface area contributed by atoms with Gasteiger partial charge in [-0.25, -0.2) is 19.4 Å². The van der Waals surface area contributed by atoms with Gasteiger partial charge in [-0.15, -0.1) is 0 Å². The Kier molecular flexibility index (Phi) is 15.2. The van der Waals surface area contributed by atoms with E-state index in [1.807, 2.05) is 60.4 Å². The smallest absolute Gasteiger partial charge is 0.281 e. The van der Waals surface area contributed by atoms with Gasteiger partial charge < -0.3 is 5.73 Å². The van der Waals surface area contributed by atoms with Crippen molar-refractivity contribution in [3.63, 3.8) is 0 Å². The first-order valence-electron chi connectivity index (χ1n) is 22.5. The summed E-state index contributed by atoms with van der Waals surface area (Å²) in [5, 5.41) is -0.787. The van der Waals surface area contributed by atoms with E-state index in [4.69, 9.17) is 5.73 Å². The number of pyridine rings is 2. The highest BCUT2D eigenvalue weighted by atomic mass is 32.2. The second-order valence-electron chi connectivity index (χ2n) is 18.0. The number of likely N-dealkylation sites (tertiary alicyclic amines) is 2. The summed E-state index contributed by atoms with van der Waals surface area (Å²) in [5.74, 6) is -1.83. The monoisotopic (exact) mass is 959 g/mol. The van der Waals surface area contributed by atoms with Crippen LogP contribution in [-0.4, -0.2) is 73.6 Å². The van der Waals surface area contributed by atoms with Crippen molar-refractivity contribution < 1.29 is 30.8 Å². The zero-order valence-electron chi connectivity index (χ0n) is 39.1. The number of aromatic nitrogens is 2. The molecular weight excluding hydrogens is 902 g/mol. The molecule has 6 aromatic rings. The summed E-state index contributed by atoms with van der Waals surface area (Å²) < 4.78 is 69.0. The molecule has 2 aliphatic heterocycles. The van der Waals surface area contributed by atoms with Gasteiger partial charge >= 0.3 is 0 Å². The first-order chi connectivity index (χ1) is 32.3. The van der Waals surface area contributed by atoms with E-state index in [0.29, 0.717) is 39.0 Å². The summed E-state index contributed by atoms with van der Waals surface area (Å²) in [6.45, 7) is 14.7. The molecule has 13 nitrogen and oxygen atoms in total. The zero-order chi connectivity index (χ0) is 48.9. The number of nitrogens with two attached hydrogens (primary N) is 1. The highest BCUT2D eigenvalue weighted by Gasteiger charge is 2.41. The molecule has 356 valence electrons. The van der Waals surface area contributed by atoms with Crippen LogP contribution in [0, 0.1) is 47.5 Å². The second kappa shape index (κ2) is 20.9. The summed E-state index contributed by atoms with van der Waals surface area (Å²) in [6.07, 6.45) is 1.01. The molecule has 8 rings (SSSR count). The van der Waals surface area contributed by atoms with Crippen molar-refractivity contribution in [1.29, 1.82) is 0 Å². The van der Waals surface area contributed by atoms with Crippen LogP contribution in [0.1, 0.15) is 80.3 Å². The Labute approximate surface area is 399 Å². The van der Waals surface area contributed by atoms with Crippen LogP contribution in [0.5, 0.6) is 0 Å². The molecule has 0 saturated carbocycles. The third-order valence-electron chi connectivity index (χ3n) is 12.8. The van der Waals surface area contributed by atoms with Gasteiger partial charge in [0.25, 0.3) is 31.9 Å². The van der Waals surface area contributed by atoms with Gasteiger partial charge in [0.2, 0.25) is 5.95 Å². The fourth-order valence-corrected chi connectivity index (χ4v) is 11.5. The number of amides is 2. The van der Waals surface area contributed by atoms with E-state index in [9.17, 15) is 30.8 Å². The number of hydrogen-bond donors (Lipinski definition) is 3. The lowest BCUT2D eigenvalue weighted by Gasteiger charge is -2.25. The Morgan fingerprint density at radius 1 is 0.574 bits per heavy atom. The summed E-state index contributed by atoms with van der Waals surface area (Å²) in [7, 11) is -8.43. The number of benzene rings is 4. The number of aryl methyl sites for hydroxylation is 6. The lowest BCUT2D eigenvalue weighted by Crippen LogP contribution is -2.45. The van der Waals surface area contributed by atoms with Gasteiger partial charge in [0.05, 0.1) is 12.1 Å². The highest BCUT2D eigenvalue weighted by molar-refractivity contribution is 7.90. The standard InChI is InChI=1S/C26H28FN3O3S.C26H30N4O3S/c2*1-17-12-18(2)22(19(3)13-17)16-30-15-21(20-8-5-4-6-9-20)14-23(30)26(31)29-34(32,33)25-11-7-10-24(27)28-25/h4-13,21,23H,14-16H2,1-3H3,(H,29,31);4-13,21,23H,14-16H2,1-3H3,(H2,27,28)(H,29,31)/t2*21-,23-/m00/s1. The van der Waals surface area contributed by atoms with Crippen LogP contribution >= 0.6 is 0 Å². The molecule has 16 heteroatoms. The van der Waals surface area contributed by atoms with Crippen LogP contribution in [0.25, 0.3) is 0 Å². The average molecular weight is 960 g/mol. The van der Waals surface area contributed by atoms with Crippen LogP contribution in [0.2, 0.25) is 0 Å². The van der Waals surface area contributed by atoms with Crippen molar-refractivity contribution in [2.24, 2.45) is 0 Å². The maximum Gasteiger partial charge on any atom is 0.281 e. The van der Waals surface area contributed by atoms with E-state index < -0.39 is 54.9 Å². The molecule has 4 N–H and O–H groups in total. The van der Waals surface area contributed by atoms with E-state index in [1.54, 1.807) is 0 Å². The van der Waals surface area contributed by atoms with Crippen LogP contribution in [0.3, 0.4) is 0 Å². The predicted octanol–water partition coefficient (Wildman–Crippen LogP) is 7.46. The summed E-state index contributed by atoms with van der Waals surface area (Å²) in [6, 6.07) is 35.0. The molecule has 0 spiro atoms. The molecule has 68 heavy (non-hydrogen) atoms. The molecule has 0 bridgehead atoms. The molecule has 2 fully saturated rings. The summed E-state index contributed by atoms with van der Waals surface area (Å²) in [4.78, 5) is 38.0. The number of hydrogen-bond acceptors (Lipinski definition) is 11. The van der Waals surface area contributed by atoms with E-state index in [-0.39, 0.29) is 22.7 Å². The number of nitrogens with zero attached hydrogens (tertiary/aromatic N) is 4. The molecule has 4 atom stereocenters. The summed E-state index contributed by atoms with van der Waals surface area (Å²) in [5.41, 5.74) is 17.1. The van der Waals surface area contributed by atoms with Crippen molar-refractivity contribution in [3.05, 3.63) is 183 Å². The minimum Gasteiger partial charge on any atom is -0.384 e. The largest absolute Gasteiger partial charge is 0.384 e. The maximum atomic E-state index is 13.5. The minimum atomic E-state index is -4.30. The van der Waals surface area contributed by atoms with Gasteiger partial charge in [-0.1, -0.05) is 108 Å². The van der Waals surface area contributed by atoms with Crippen molar-refractivity contribution >= 4 is 37.7 Å². The van der Waals surface area contributed by atoms with Crippen molar-refractivity contribution in [3.8, 4) is 0 Å². The molecule has 4 heterocycles. The topological polar surface area (TPSA) is 185 Å². The summed E-state index contributed by atoms with van der Waals surface area (Å²) >= 11 is 0. The number of sulfonamides is 2. The van der Waals surface area contributed by atoms with E-state index in [1.165, 1.54) is 35.4 Å². The quantitative estimate of drug-likeness (QED) is 0.104. The predicted molar refractivity (Wildman–Crippen MR) is 261 cm³/mol. The molecule has 0 unspecified atom stereocenters. The molecule has 0 aliphatic carbocycles. The molecule has 0 radical (unpaired) electrons. The Morgan fingerprint density at radius 2 is 0.956 bits per heavy atom. The number of anilines is 1. The van der Waals surface area contributed by atoms with Crippen molar-refractivity contribution in [2.45, 2.75) is 101 Å². The Hall–Kier alpha value is -6.33. The maximum absolute atomic E-state index is 13.5. The average Bonchev–Trinajstić information content (AvgIpc) is 3.92. The first kappa shape index (κ1) is 49.6. The number of nitrogen functional groups attached to an aromatic ring is 1. The normalized spacial score (nSPS) is 18.7. The second-order valence-corrected chi connectivity index (χ2v) is 21.2. The number of rotatable bonds is 12. The third kappa shape index (κ3) is 11.8. The van der Waals surface area contributed by atoms with Crippen LogP contribution in [-0.2, 0) is 42.7 Å². The van der Waals surface area contributed by atoms with Gasteiger partial charge in [-0.05, 0) is 135 Å². The van der Waals surface area contributed by atoms with Crippen LogP contribution in [0.4, 0.5) is 10.2 Å². The van der Waals surface area contributed by atoms with Crippen molar-refractivity contribution in [1.82, 2.24) is 29.2 Å². The van der Waals surface area contributed by atoms with E-state index in [2.05, 4.69) is 95.3 Å². The number of nitrogens with one attached hydrogen (secondary N) is 2. The molecule has 2 saturated heterocycles. The molecule has 2 aliphatic rings. The van der Waals surface area contributed by atoms with Gasteiger partial charge in [-0.2, -0.15) is 21.2 Å². The van der Waals surface area contributed by atoms with Crippen LogP contribution in [0.15, 0.2) is 131 Å². The van der Waals surface area contributed by atoms with Gasteiger partial charge in [0, 0.05) is 26.2 Å². The molecule has 4 aromatic carbocycles. The molecule has 2 aromatic heterocycles. The number of carbonyl (C=O) groups is 2. The lowest BCUT2D eigenvalue weighted by molar-refractivity contribution is -0.124. The third-order valence-corrected chi connectivity index (χ3v) is 15.3. The van der Waals surface area contributed by atoms with Crippen LogP contribution < -0.4 is 15.2 Å². The van der Waals surface area contributed by atoms with Gasteiger partial charge in [-0.3, -0.25) is 19.4 Å².